The van der Waals surface area contributed by atoms with Crippen LogP contribution in [0.5, 0.6) is 28.7 Å². The van der Waals surface area contributed by atoms with Crippen molar-refractivity contribution in [3.63, 3.8) is 0 Å². The molecule has 16 rings (SSSR count). The van der Waals surface area contributed by atoms with Gasteiger partial charge in [-0.1, -0.05) is 77.8 Å². The Morgan fingerprint density at radius 3 is 1.04 bits per heavy atom. The summed E-state index contributed by atoms with van der Waals surface area (Å²) in [5, 5.41) is 42.4. The number of methoxy groups -OCH3 is 3. The van der Waals surface area contributed by atoms with Gasteiger partial charge >= 0.3 is 22.5 Å². The third-order valence-corrected chi connectivity index (χ3v) is 18.8. The molecule has 0 atom stereocenters. The van der Waals surface area contributed by atoms with E-state index in [0.29, 0.717) is 87.7 Å². The zero-order valence-corrected chi connectivity index (χ0v) is 58.3. The summed E-state index contributed by atoms with van der Waals surface area (Å²) < 4.78 is 38.5. The van der Waals surface area contributed by atoms with E-state index in [2.05, 4.69) is 101 Å². The maximum absolute atomic E-state index is 12.8. The topological polar surface area (TPSA) is 237 Å². The summed E-state index contributed by atoms with van der Waals surface area (Å²) in [6, 6.07) is 30.4. The molecular weight excluding hydrogens is 1280 g/mol. The molecule has 0 aliphatic carbocycles. The smallest absolute Gasteiger partial charge is 0.344 e. The van der Waals surface area contributed by atoms with Gasteiger partial charge in [0.05, 0.1) is 85.8 Å². The number of anilines is 4. The van der Waals surface area contributed by atoms with E-state index in [-0.39, 0.29) is 49.9 Å². The number of benzene rings is 8. The van der Waals surface area contributed by atoms with Gasteiger partial charge in [-0.25, -0.2) is 19.2 Å². The summed E-state index contributed by atoms with van der Waals surface area (Å²) in [5.74, 6) is 1.43. The number of halogens is 2. The summed E-state index contributed by atoms with van der Waals surface area (Å²) >= 11 is 12.6. The number of phenolic OH excluding ortho intramolecular Hbond substituents is 2. The minimum absolute atomic E-state index is 0.00870. The van der Waals surface area contributed by atoms with E-state index < -0.39 is 11.3 Å². The summed E-state index contributed by atoms with van der Waals surface area (Å²) in [6.07, 6.45) is 8.44. The Labute approximate surface area is 572 Å². The van der Waals surface area contributed by atoms with Crippen molar-refractivity contribution in [1.29, 1.82) is 0 Å². The van der Waals surface area contributed by atoms with E-state index >= 15 is 0 Å². The molecule has 17 nitrogen and oxygen atoms in total. The van der Waals surface area contributed by atoms with Gasteiger partial charge < -0.3 is 63.4 Å². The predicted octanol–water partition coefficient (Wildman–Crippen LogP) is 19.0. The van der Waals surface area contributed by atoms with Gasteiger partial charge in [-0.05, 0) is 178 Å². The molecule has 0 fully saturated rings. The third-order valence-electron chi connectivity index (χ3n) is 18.1. The fourth-order valence-electron chi connectivity index (χ4n) is 14.8. The highest BCUT2D eigenvalue weighted by molar-refractivity contribution is 6.39. The number of allylic oxidation sites excluding steroid dienone is 4. The van der Waals surface area contributed by atoms with Crippen molar-refractivity contribution in [2.45, 2.75) is 105 Å². The molecular formula is C79H72Cl2N4O13. The number of hydrogen-bond donors (Lipinski definition) is 6. The molecule has 0 radical (unpaired) electrons. The largest absolute Gasteiger partial charge is 0.506 e. The maximum atomic E-state index is 12.8. The number of rotatable bonds is 3. The summed E-state index contributed by atoms with van der Waals surface area (Å²) in [4.78, 5) is 50.8. The van der Waals surface area contributed by atoms with Crippen LogP contribution >= 0.6 is 23.2 Å². The van der Waals surface area contributed by atoms with E-state index in [0.717, 1.165) is 88.8 Å². The number of fused-ring (bicyclic) bond motifs is 20. The maximum Gasteiger partial charge on any atom is 0.344 e. The first-order valence-corrected chi connectivity index (χ1v) is 32.5. The van der Waals surface area contributed by atoms with Crippen molar-refractivity contribution in [2.75, 3.05) is 42.6 Å². The summed E-state index contributed by atoms with van der Waals surface area (Å²) in [7, 11) is 4.66. The second kappa shape index (κ2) is 23.9. The van der Waals surface area contributed by atoms with Gasteiger partial charge in [0, 0.05) is 77.3 Å². The Kier molecular flexibility index (Phi) is 16.1. The zero-order chi connectivity index (χ0) is 70.1. The van der Waals surface area contributed by atoms with E-state index in [4.69, 9.17) is 55.1 Å². The first-order valence-electron chi connectivity index (χ1n) is 31.8. The number of phenols is 2. The van der Waals surface area contributed by atoms with Crippen LogP contribution in [0.3, 0.4) is 0 Å². The molecule has 6 N–H and O–H groups in total. The Morgan fingerprint density at radius 2 is 0.673 bits per heavy atom. The second-order valence-electron chi connectivity index (χ2n) is 27.4. The second-order valence-corrected chi connectivity index (χ2v) is 28.2. The highest BCUT2D eigenvalue weighted by atomic mass is 35.5. The lowest BCUT2D eigenvalue weighted by Gasteiger charge is -2.32. The standard InChI is InChI=1S/C21H21NO4.C20H19NO4.C19H16ClNO3.C19H16ClNO2/c1-11-10-21(2,3)22-13-7-6-12-17-14(26-20(23)18(12)16(11)13)8-9-15(24-4)19(17)25-5;1-10-9-20(2,3)21-12-6-5-11-16-14(8-7-13(22)18(16)24-4)25-19(23)17(11)15(10)12;1-9-8-19(2,3)21-11-5-4-10-15-13(7-6-12(22)17(15)20)24-18(23)16(10)14(9)11;1-10-9-19(2,3)21-13-8-7-11-16-12(20)5-4-6-14(16)23-18(22)17(11)15(10)13/h6-10,22H,1-5H3;5-9,21-22H,1-4H3;4-8,21-22H,1-3H3;4-9,21H,1-3H3. The number of nitrogens with one attached hydrogen (secondary N) is 4. The first kappa shape index (κ1) is 66.0. The van der Waals surface area contributed by atoms with Gasteiger partial charge in [-0.3, -0.25) is 0 Å². The molecule has 500 valence electrons. The fourth-order valence-corrected chi connectivity index (χ4v) is 15.3. The van der Waals surface area contributed by atoms with Crippen LogP contribution < -0.4 is 58.0 Å². The minimum Gasteiger partial charge on any atom is -0.506 e. The van der Waals surface area contributed by atoms with E-state index in [1.54, 1.807) is 50.6 Å². The lowest BCUT2D eigenvalue weighted by atomic mass is 9.88. The number of aromatic hydroxyl groups is 2. The van der Waals surface area contributed by atoms with Crippen LogP contribution in [-0.4, -0.2) is 53.7 Å². The van der Waals surface area contributed by atoms with E-state index in [9.17, 15) is 29.4 Å². The van der Waals surface area contributed by atoms with Crippen LogP contribution in [0.25, 0.3) is 109 Å². The normalized spacial score (nSPS) is 15.7. The van der Waals surface area contributed by atoms with Gasteiger partial charge in [-0.15, -0.1) is 0 Å². The van der Waals surface area contributed by atoms with E-state index in [1.807, 2.05) is 82.3 Å². The quantitative estimate of drug-likeness (QED) is 0.0712. The number of ether oxygens (including phenoxy) is 3. The highest BCUT2D eigenvalue weighted by Gasteiger charge is 2.32. The molecule has 4 aliphatic heterocycles. The summed E-state index contributed by atoms with van der Waals surface area (Å²) in [5.41, 5.74) is 10.7. The number of hydrogen-bond acceptors (Lipinski definition) is 17. The molecule has 0 amide bonds. The van der Waals surface area contributed by atoms with Crippen LogP contribution in [-0.2, 0) is 0 Å². The summed E-state index contributed by atoms with van der Waals surface area (Å²) in [6.45, 7) is 24.7. The highest BCUT2D eigenvalue weighted by Crippen LogP contribution is 2.48. The first-order chi connectivity index (χ1) is 46.3. The molecule has 0 bridgehead atoms. The zero-order valence-electron chi connectivity index (χ0n) is 56.8. The predicted molar refractivity (Wildman–Crippen MR) is 398 cm³/mol. The monoisotopic (exact) mass is 1350 g/mol. The average molecular weight is 1360 g/mol. The molecule has 8 heterocycles. The van der Waals surface area contributed by atoms with Crippen LogP contribution in [0.2, 0.25) is 10.0 Å². The third kappa shape index (κ3) is 11.3. The molecule has 8 aromatic carbocycles. The van der Waals surface area contributed by atoms with Crippen LogP contribution in [0.1, 0.15) is 105 Å². The average Bonchev–Trinajstić information content (AvgIpc) is 0.749. The molecule has 4 aromatic heterocycles. The van der Waals surface area contributed by atoms with Crippen LogP contribution in [0.4, 0.5) is 22.7 Å². The lowest BCUT2D eigenvalue weighted by molar-refractivity contribution is 0.358. The van der Waals surface area contributed by atoms with Gasteiger partial charge in [0.15, 0.2) is 23.0 Å². The molecule has 0 unspecified atom stereocenters. The molecule has 12 aromatic rings. The van der Waals surface area contributed by atoms with Crippen molar-refractivity contribution in [3.8, 4) is 28.7 Å². The van der Waals surface area contributed by atoms with Crippen LogP contribution in [0, 0.1) is 0 Å². The van der Waals surface area contributed by atoms with Crippen molar-refractivity contribution in [1.82, 2.24) is 0 Å². The van der Waals surface area contributed by atoms with Crippen molar-refractivity contribution in [2.24, 2.45) is 0 Å². The Balaban J connectivity index is 0.000000118. The SMILES string of the molecule is CC1=CC(C)(C)Nc2ccc3c(c21)c(=O)oc1ccc(O)c(Cl)c13.CC1=CC(C)(C)Nc2ccc3c(c21)c(=O)oc1cccc(Cl)c13.COc1c(O)ccc2oc(=O)c3c4c(ccc3c12)NC(C)(C)C=C4C.COc1ccc2oc(=O)c3c4c(ccc3c2c1OC)NC(C)(C)C=C4C. The molecule has 0 spiro atoms. The Bertz CT molecular complexity index is 5860. The fraction of sp³-hybridized carbons (Fsp3) is 0.241. The van der Waals surface area contributed by atoms with Gasteiger partial charge in [-0.2, -0.15) is 0 Å². The Hall–Kier alpha value is -10.6. The molecule has 4 aliphatic rings. The lowest BCUT2D eigenvalue weighted by Crippen LogP contribution is -2.31. The molecule has 0 saturated carbocycles. The van der Waals surface area contributed by atoms with Gasteiger partial charge in [0.2, 0.25) is 0 Å². The van der Waals surface area contributed by atoms with E-state index in [1.165, 1.54) is 19.2 Å². The minimum atomic E-state index is -0.412. The van der Waals surface area contributed by atoms with Gasteiger partial charge in [0.1, 0.15) is 28.1 Å². The molecule has 19 heteroatoms. The van der Waals surface area contributed by atoms with Crippen molar-refractivity contribution in [3.05, 3.63) is 201 Å². The van der Waals surface area contributed by atoms with Gasteiger partial charge in [0.25, 0.3) is 0 Å². The molecule has 0 saturated heterocycles. The Morgan fingerprint density at radius 1 is 0.357 bits per heavy atom. The van der Waals surface area contributed by atoms with Crippen molar-refractivity contribution >= 4 is 155 Å². The van der Waals surface area contributed by atoms with Crippen molar-refractivity contribution < 1.29 is 42.1 Å². The molecule has 98 heavy (non-hydrogen) atoms. The van der Waals surface area contributed by atoms with Crippen LogP contribution in [0.15, 0.2) is 164 Å².